The summed E-state index contributed by atoms with van der Waals surface area (Å²) in [5.41, 5.74) is -0.172. The second kappa shape index (κ2) is 5.00. The molecule has 0 N–H and O–H groups in total. The monoisotopic (exact) mass is 235 g/mol. The van der Waals surface area contributed by atoms with E-state index in [4.69, 9.17) is 0 Å². The lowest BCUT2D eigenvalue weighted by molar-refractivity contribution is -0.118. The fraction of sp³-hybridized carbons (Fsp3) is 0.692. The van der Waals surface area contributed by atoms with E-state index in [0.717, 1.165) is 51.1 Å². The number of carbonyl (C=O) groups is 1. The fourth-order valence-electron chi connectivity index (χ4n) is 2.48. The molecule has 0 saturated carbocycles. The van der Waals surface area contributed by atoms with Gasteiger partial charge in [-0.3, -0.25) is 4.90 Å². The topological polar surface area (TPSA) is 38.1 Å². The Hall–Kier alpha value is -1.16. The lowest BCUT2D eigenvalue weighted by Crippen LogP contribution is -2.42. The van der Waals surface area contributed by atoms with Crippen LogP contribution in [0.1, 0.15) is 32.5 Å². The molecule has 0 amide bonds. The second-order valence-corrected chi connectivity index (χ2v) is 4.93. The van der Waals surface area contributed by atoms with E-state index in [2.05, 4.69) is 28.3 Å². The molecule has 1 aromatic heterocycles. The van der Waals surface area contributed by atoms with Crippen LogP contribution in [0.4, 0.5) is 0 Å². The zero-order valence-electron chi connectivity index (χ0n) is 10.7. The molecular weight excluding hydrogens is 214 g/mol. The summed E-state index contributed by atoms with van der Waals surface area (Å²) in [6.07, 6.45) is 6.86. The quantitative estimate of drug-likeness (QED) is 0.729. The normalized spacial score (nSPS) is 16.8. The Morgan fingerprint density at radius 2 is 2.18 bits per heavy atom. The molecule has 0 bridgehead atoms. The van der Waals surface area contributed by atoms with Crippen molar-refractivity contribution in [2.24, 2.45) is 5.41 Å². The summed E-state index contributed by atoms with van der Waals surface area (Å²) < 4.78 is 2.19. The molecule has 0 fully saturated rings. The highest BCUT2D eigenvalue weighted by Gasteiger charge is 2.30. The van der Waals surface area contributed by atoms with Crippen molar-refractivity contribution in [2.45, 2.75) is 39.8 Å². The van der Waals surface area contributed by atoms with Gasteiger partial charge in [0.05, 0.1) is 6.54 Å². The van der Waals surface area contributed by atoms with Gasteiger partial charge in [-0.05, 0) is 12.8 Å². The Labute approximate surface area is 103 Å². The fourth-order valence-corrected chi connectivity index (χ4v) is 2.48. The molecule has 0 aromatic carbocycles. The van der Waals surface area contributed by atoms with Gasteiger partial charge in [-0.25, -0.2) is 4.98 Å². The molecule has 1 aliphatic rings. The molecule has 0 radical (unpaired) electrons. The number of rotatable bonds is 5. The maximum absolute atomic E-state index is 11.3. The summed E-state index contributed by atoms with van der Waals surface area (Å²) in [6.45, 7) is 7.92. The molecule has 94 valence electrons. The van der Waals surface area contributed by atoms with Crippen molar-refractivity contribution in [3.05, 3.63) is 18.2 Å². The number of aldehydes is 1. The van der Waals surface area contributed by atoms with E-state index in [9.17, 15) is 4.79 Å². The first-order valence-electron chi connectivity index (χ1n) is 6.41. The molecule has 17 heavy (non-hydrogen) atoms. The summed E-state index contributed by atoms with van der Waals surface area (Å²) in [6, 6.07) is 0. The number of imidazole rings is 1. The van der Waals surface area contributed by atoms with Gasteiger partial charge in [-0.1, -0.05) is 13.8 Å². The van der Waals surface area contributed by atoms with Crippen LogP contribution < -0.4 is 0 Å². The first kappa shape index (κ1) is 12.3. The molecule has 0 saturated heterocycles. The SMILES string of the molecule is CCC(C=O)(CC)CN1CCn2ccnc2C1. The molecular formula is C13H21N3O. The van der Waals surface area contributed by atoms with Gasteiger partial charge in [0.2, 0.25) is 0 Å². The second-order valence-electron chi connectivity index (χ2n) is 4.93. The highest BCUT2D eigenvalue weighted by atomic mass is 16.1. The number of nitrogens with zero attached hydrogens (tertiary/aromatic N) is 3. The molecule has 2 heterocycles. The van der Waals surface area contributed by atoms with Crippen LogP contribution in [0.5, 0.6) is 0 Å². The van der Waals surface area contributed by atoms with Gasteiger partial charge in [-0.15, -0.1) is 0 Å². The number of carbonyl (C=O) groups excluding carboxylic acids is 1. The van der Waals surface area contributed by atoms with Crippen LogP contribution in [0, 0.1) is 5.41 Å². The maximum Gasteiger partial charge on any atom is 0.127 e. The van der Waals surface area contributed by atoms with Gasteiger partial charge in [0, 0.05) is 37.4 Å². The van der Waals surface area contributed by atoms with E-state index in [0.29, 0.717) is 0 Å². The van der Waals surface area contributed by atoms with E-state index in [1.54, 1.807) is 0 Å². The zero-order chi connectivity index (χ0) is 12.3. The molecule has 4 nitrogen and oxygen atoms in total. The highest BCUT2D eigenvalue weighted by molar-refractivity contribution is 5.59. The first-order valence-corrected chi connectivity index (χ1v) is 6.41. The number of hydrogen-bond acceptors (Lipinski definition) is 3. The summed E-state index contributed by atoms with van der Waals surface area (Å²) in [5, 5.41) is 0. The van der Waals surface area contributed by atoms with Gasteiger partial charge < -0.3 is 9.36 Å². The van der Waals surface area contributed by atoms with Crippen LogP contribution in [0.2, 0.25) is 0 Å². The van der Waals surface area contributed by atoms with E-state index in [1.807, 2.05) is 12.4 Å². The Bertz CT molecular complexity index is 382. The van der Waals surface area contributed by atoms with Crippen LogP contribution in [0.15, 0.2) is 12.4 Å². The molecule has 2 rings (SSSR count). The number of hydrogen-bond donors (Lipinski definition) is 0. The Morgan fingerprint density at radius 1 is 1.41 bits per heavy atom. The number of aromatic nitrogens is 2. The third-order valence-corrected chi connectivity index (χ3v) is 4.02. The summed E-state index contributed by atoms with van der Waals surface area (Å²) in [4.78, 5) is 18.0. The van der Waals surface area contributed by atoms with Crippen molar-refractivity contribution < 1.29 is 4.79 Å². The predicted molar refractivity (Wildman–Crippen MR) is 66.6 cm³/mol. The third kappa shape index (κ3) is 2.41. The Kier molecular flexibility index (Phi) is 3.62. The van der Waals surface area contributed by atoms with E-state index in [-0.39, 0.29) is 5.41 Å². The molecule has 0 atom stereocenters. The molecule has 0 unspecified atom stereocenters. The van der Waals surface area contributed by atoms with Crippen LogP contribution in [0.25, 0.3) is 0 Å². The lowest BCUT2D eigenvalue weighted by atomic mass is 9.83. The van der Waals surface area contributed by atoms with Crippen molar-refractivity contribution in [3.63, 3.8) is 0 Å². The minimum absolute atomic E-state index is 0.172. The van der Waals surface area contributed by atoms with Crippen LogP contribution in [-0.2, 0) is 17.9 Å². The van der Waals surface area contributed by atoms with Gasteiger partial charge >= 0.3 is 0 Å². The predicted octanol–water partition coefficient (Wildman–Crippen LogP) is 1.70. The highest BCUT2D eigenvalue weighted by Crippen LogP contribution is 2.26. The van der Waals surface area contributed by atoms with Crippen molar-refractivity contribution >= 4 is 6.29 Å². The smallest absolute Gasteiger partial charge is 0.127 e. The minimum Gasteiger partial charge on any atom is -0.333 e. The molecule has 4 heteroatoms. The van der Waals surface area contributed by atoms with Crippen LogP contribution in [0.3, 0.4) is 0 Å². The molecule has 1 aliphatic heterocycles. The van der Waals surface area contributed by atoms with Gasteiger partial charge in [0.1, 0.15) is 12.1 Å². The average Bonchev–Trinajstić information content (AvgIpc) is 2.83. The lowest BCUT2D eigenvalue weighted by Gasteiger charge is -2.35. The summed E-state index contributed by atoms with van der Waals surface area (Å²) in [7, 11) is 0. The third-order valence-electron chi connectivity index (χ3n) is 4.02. The van der Waals surface area contributed by atoms with E-state index >= 15 is 0 Å². The maximum atomic E-state index is 11.3. The standard InChI is InChI=1S/C13H21N3O/c1-3-13(4-2,11-17)10-15-7-8-16-6-5-14-12(16)9-15/h5-6,11H,3-4,7-10H2,1-2H3. The first-order chi connectivity index (χ1) is 8.23. The largest absolute Gasteiger partial charge is 0.333 e. The van der Waals surface area contributed by atoms with Crippen molar-refractivity contribution in [1.82, 2.24) is 14.5 Å². The van der Waals surface area contributed by atoms with Crippen molar-refractivity contribution in [3.8, 4) is 0 Å². The molecule has 0 aliphatic carbocycles. The van der Waals surface area contributed by atoms with Crippen LogP contribution in [-0.4, -0.2) is 33.8 Å². The Balaban J connectivity index is 2.04. The van der Waals surface area contributed by atoms with Crippen LogP contribution >= 0.6 is 0 Å². The zero-order valence-corrected chi connectivity index (χ0v) is 10.7. The minimum atomic E-state index is -0.172. The van der Waals surface area contributed by atoms with Gasteiger partial charge in [0.15, 0.2) is 0 Å². The van der Waals surface area contributed by atoms with Crippen molar-refractivity contribution in [1.29, 1.82) is 0 Å². The summed E-state index contributed by atoms with van der Waals surface area (Å²) in [5.74, 6) is 1.11. The Morgan fingerprint density at radius 3 is 2.82 bits per heavy atom. The molecule has 1 aromatic rings. The average molecular weight is 235 g/mol. The molecule has 0 spiro atoms. The van der Waals surface area contributed by atoms with Gasteiger partial charge in [0.25, 0.3) is 0 Å². The number of fused-ring (bicyclic) bond motifs is 1. The van der Waals surface area contributed by atoms with Crippen molar-refractivity contribution in [2.75, 3.05) is 13.1 Å². The van der Waals surface area contributed by atoms with Gasteiger partial charge in [-0.2, -0.15) is 0 Å². The van der Waals surface area contributed by atoms with E-state index < -0.39 is 0 Å². The summed E-state index contributed by atoms with van der Waals surface area (Å²) >= 11 is 0. The van der Waals surface area contributed by atoms with E-state index in [1.165, 1.54) is 0 Å².